The Kier molecular flexibility index (Phi) is 3.94. The molecule has 2 atom stereocenters. The van der Waals surface area contributed by atoms with Crippen molar-refractivity contribution < 1.29 is 27.9 Å². The molecule has 2 heterocycles. The summed E-state index contributed by atoms with van der Waals surface area (Å²) in [5, 5.41) is 18.5. The number of aromatic nitrogens is 2. The van der Waals surface area contributed by atoms with E-state index in [-0.39, 0.29) is 11.5 Å². The monoisotopic (exact) mass is 318 g/mol. The minimum absolute atomic E-state index is 0.0781. The molecule has 1 unspecified atom stereocenters. The smallest absolute Gasteiger partial charge is 0.393 e. The predicted molar refractivity (Wildman–Crippen MR) is 67.4 cm³/mol. The number of alkyl halides is 3. The van der Waals surface area contributed by atoms with Gasteiger partial charge in [0.25, 0.3) is 0 Å². The molecule has 0 aliphatic carbocycles. The molecule has 1 fully saturated rings. The number of aliphatic carboxylic acids is 1. The first kappa shape index (κ1) is 16.0. The molecule has 1 aliphatic heterocycles. The van der Waals surface area contributed by atoms with Crippen molar-refractivity contribution in [3.8, 4) is 0 Å². The zero-order chi connectivity index (χ0) is 16.5. The normalized spacial score (nSPS) is 25.6. The SMILES string of the molecule is Nc1ccc(CC2(C(=O)O)C[C@H](C(F)(F)F)CNC2=O)nn1. The van der Waals surface area contributed by atoms with E-state index in [9.17, 15) is 27.9 Å². The summed E-state index contributed by atoms with van der Waals surface area (Å²) < 4.78 is 38.6. The Balaban J connectivity index is 2.35. The highest BCUT2D eigenvalue weighted by atomic mass is 19.4. The third kappa shape index (κ3) is 2.95. The number of carboxylic acids is 1. The maximum Gasteiger partial charge on any atom is 0.393 e. The van der Waals surface area contributed by atoms with Crippen molar-refractivity contribution in [3.63, 3.8) is 0 Å². The van der Waals surface area contributed by atoms with Gasteiger partial charge < -0.3 is 16.2 Å². The molecule has 1 aromatic heterocycles. The van der Waals surface area contributed by atoms with Gasteiger partial charge in [-0.15, -0.1) is 5.10 Å². The molecule has 1 amide bonds. The minimum atomic E-state index is -4.60. The van der Waals surface area contributed by atoms with Gasteiger partial charge in [-0.05, 0) is 18.6 Å². The second-order valence-electron chi connectivity index (χ2n) is 5.17. The highest BCUT2D eigenvalue weighted by Gasteiger charge is 2.56. The van der Waals surface area contributed by atoms with Crippen LogP contribution >= 0.6 is 0 Å². The van der Waals surface area contributed by atoms with Crippen LogP contribution in [0.1, 0.15) is 12.1 Å². The summed E-state index contributed by atoms with van der Waals surface area (Å²) in [5.74, 6) is -4.44. The largest absolute Gasteiger partial charge is 0.480 e. The Labute approximate surface area is 122 Å². The first-order valence-corrected chi connectivity index (χ1v) is 6.31. The molecule has 1 aliphatic rings. The number of halogens is 3. The molecule has 0 aromatic carbocycles. The quantitative estimate of drug-likeness (QED) is 0.693. The second-order valence-corrected chi connectivity index (χ2v) is 5.17. The van der Waals surface area contributed by atoms with Crippen LogP contribution < -0.4 is 11.1 Å². The number of carbonyl (C=O) groups is 2. The molecular formula is C12H13F3N4O3. The molecule has 4 N–H and O–H groups in total. The fourth-order valence-corrected chi connectivity index (χ4v) is 2.39. The molecule has 0 spiro atoms. The lowest BCUT2D eigenvalue weighted by atomic mass is 9.72. The number of carboxylic acid groups (broad SMARTS) is 1. The van der Waals surface area contributed by atoms with Gasteiger partial charge in [0.1, 0.15) is 5.82 Å². The number of amides is 1. The summed E-state index contributed by atoms with van der Waals surface area (Å²) in [6, 6.07) is 2.66. The molecule has 2 rings (SSSR count). The predicted octanol–water partition coefficient (Wildman–Crippen LogP) is 0.371. The van der Waals surface area contributed by atoms with Gasteiger partial charge in [0.15, 0.2) is 5.41 Å². The maximum atomic E-state index is 12.9. The lowest BCUT2D eigenvalue weighted by Crippen LogP contribution is -2.57. The van der Waals surface area contributed by atoms with Gasteiger partial charge in [0, 0.05) is 13.0 Å². The number of carbonyl (C=O) groups excluding carboxylic acids is 1. The molecular weight excluding hydrogens is 305 g/mol. The molecule has 1 aromatic rings. The van der Waals surface area contributed by atoms with E-state index in [4.69, 9.17) is 5.73 Å². The first-order valence-electron chi connectivity index (χ1n) is 6.31. The Morgan fingerprint density at radius 2 is 2.14 bits per heavy atom. The topological polar surface area (TPSA) is 118 Å². The van der Waals surface area contributed by atoms with Crippen molar-refractivity contribution in [2.75, 3.05) is 12.3 Å². The molecule has 1 saturated heterocycles. The molecule has 22 heavy (non-hydrogen) atoms. The number of nitrogen functional groups attached to an aromatic ring is 1. The molecule has 0 radical (unpaired) electrons. The van der Waals surface area contributed by atoms with Crippen molar-refractivity contribution in [3.05, 3.63) is 17.8 Å². The van der Waals surface area contributed by atoms with Gasteiger partial charge in [-0.3, -0.25) is 9.59 Å². The number of nitrogens with one attached hydrogen (secondary N) is 1. The van der Waals surface area contributed by atoms with Crippen molar-refractivity contribution in [2.24, 2.45) is 11.3 Å². The minimum Gasteiger partial charge on any atom is -0.480 e. The Morgan fingerprint density at radius 3 is 2.64 bits per heavy atom. The number of rotatable bonds is 3. The Bertz CT molecular complexity index is 590. The summed E-state index contributed by atoms with van der Waals surface area (Å²) in [6.45, 7) is -0.634. The number of nitrogens with two attached hydrogens (primary N) is 1. The number of piperidine rings is 1. The van der Waals surface area contributed by atoms with Crippen LogP contribution in [0, 0.1) is 11.3 Å². The second kappa shape index (κ2) is 5.43. The highest BCUT2D eigenvalue weighted by molar-refractivity contribution is 6.02. The van der Waals surface area contributed by atoms with E-state index in [2.05, 4.69) is 10.2 Å². The maximum absolute atomic E-state index is 12.9. The van der Waals surface area contributed by atoms with Gasteiger partial charge >= 0.3 is 12.1 Å². The van der Waals surface area contributed by atoms with Crippen LogP contribution in [-0.4, -0.2) is 39.9 Å². The van der Waals surface area contributed by atoms with Gasteiger partial charge in [-0.25, -0.2) is 0 Å². The van der Waals surface area contributed by atoms with E-state index >= 15 is 0 Å². The van der Waals surface area contributed by atoms with Crippen LogP contribution in [-0.2, 0) is 16.0 Å². The van der Waals surface area contributed by atoms with Crippen LogP contribution in [0.3, 0.4) is 0 Å². The summed E-state index contributed by atoms with van der Waals surface area (Å²) in [5.41, 5.74) is 3.19. The van der Waals surface area contributed by atoms with Crippen LogP contribution in [0.4, 0.5) is 19.0 Å². The zero-order valence-corrected chi connectivity index (χ0v) is 11.2. The van der Waals surface area contributed by atoms with Crippen molar-refractivity contribution >= 4 is 17.7 Å². The molecule has 0 saturated carbocycles. The molecule has 10 heteroatoms. The number of anilines is 1. The van der Waals surface area contributed by atoms with Gasteiger partial charge in [-0.2, -0.15) is 18.3 Å². The van der Waals surface area contributed by atoms with Crippen molar-refractivity contribution in [1.82, 2.24) is 15.5 Å². The van der Waals surface area contributed by atoms with E-state index in [0.717, 1.165) is 0 Å². The highest BCUT2D eigenvalue weighted by Crippen LogP contribution is 2.41. The average molecular weight is 318 g/mol. The number of hydrogen-bond acceptors (Lipinski definition) is 5. The van der Waals surface area contributed by atoms with E-state index in [1.54, 1.807) is 0 Å². The number of nitrogens with zero attached hydrogens (tertiary/aromatic N) is 2. The third-order valence-electron chi connectivity index (χ3n) is 3.63. The molecule has 120 valence electrons. The fourth-order valence-electron chi connectivity index (χ4n) is 2.39. The molecule has 7 nitrogen and oxygen atoms in total. The van der Waals surface area contributed by atoms with Crippen LogP contribution in [0.15, 0.2) is 12.1 Å². The summed E-state index contributed by atoms with van der Waals surface area (Å²) >= 11 is 0. The van der Waals surface area contributed by atoms with Gasteiger partial charge in [0.2, 0.25) is 5.91 Å². The van der Waals surface area contributed by atoms with E-state index in [1.807, 2.05) is 5.32 Å². The van der Waals surface area contributed by atoms with Crippen molar-refractivity contribution in [1.29, 1.82) is 0 Å². The standard InChI is InChI=1S/C12H13F3N4O3/c13-12(14,15)6-3-11(10(21)22,9(20)17-5-6)4-7-1-2-8(16)19-18-7/h1-2,6H,3-5H2,(H2,16,19)(H,17,20)(H,21,22)/t6-,11?/m0/s1. The lowest BCUT2D eigenvalue weighted by molar-refractivity contribution is -0.194. The lowest BCUT2D eigenvalue weighted by Gasteiger charge is -2.37. The Hall–Kier alpha value is -2.39. The third-order valence-corrected chi connectivity index (χ3v) is 3.63. The van der Waals surface area contributed by atoms with E-state index in [1.165, 1.54) is 12.1 Å². The summed E-state index contributed by atoms with van der Waals surface area (Å²) in [7, 11) is 0. The molecule has 0 bridgehead atoms. The van der Waals surface area contributed by atoms with Crippen LogP contribution in [0.5, 0.6) is 0 Å². The van der Waals surface area contributed by atoms with Crippen molar-refractivity contribution in [2.45, 2.75) is 19.0 Å². The van der Waals surface area contributed by atoms with Crippen LogP contribution in [0.2, 0.25) is 0 Å². The fraction of sp³-hybridized carbons (Fsp3) is 0.500. The summed E-state index contributed by atoms with van der Waals surface area (Å²) in [4.78, 5) is 23.5. The Morgan fingerprint density at radius 1 is 1.45 bits per heavy atom. The zero-order valence-electron chi connectivity index (χ0n) is 11.2. The van der Waals surface area contributed by atoms with Gasteiger partial charge in [-0.1, -0.05) is 0 Å². The van der Waals surface area contributed by atoms with Gasteiger partial charge in [0.05, 0.1) is 11.6 Å². The van der Waals surface area contributed by atoms with E-state index in [0.29, 0.717) is 0 Å². The first-order chi connectivity index (χ1) is 10.1. The average Bonchev–Trinajstić information content (AvgIpc) is 2.42. The number of hydrogen-bond donors (Lipinski definition) is 3. The summed E-state index contributed by atoms with van der Waals surface area (Å²) in [6.07, 6.45) is -5.93. The van der Waals surface area contributed by atoms with Crippen LogP contribution in [0.25, 0.3) is 0 Å². The van der Waals surface area contributed by atoms with E-state index < -0.39 is 48.8 Å².